The third kappa shape index (κ3) is 3.02. The number of carbonyl (C=O) groups excluding carboxylic acids is 1. The summed E-state index contributed by atoms with van der Waals surface area (Å²) in [6.07, 6.45) is 0.202. The Kier molecular flexibility index (Phi) is 3.78. The van der Waals surface area contributed by atoms with Gasteiger partial charge in [0.2, 0.25) is 0 Å². The Balaban J connectivity index is 2.06. The van der Waals surface area contributed by atoms with Gasteiger partial charge in [-0.3, -0.25) is 4.79 Å². The normalized spacial score (nSPS) is 20.6. The van der Waals surface area contributed by atoms with Crippen LogP contribution in [0, 0.1) is 0 Å². The highest BCUT2D eigenvalue weighted by molar-refractivity contribution is 6.51. The largest absolute Gasteiger partial charge is 0.465 e. The van der Waals surface area contributed by atoms with Gasteiger partial charge in [-0.25, -0.2) is 0 Å². The van der Waals surface area contributed by atoms with E-state index < -0.39 is 18.3 Å². The van der Waals surface area contributed by atoms with E-state index in [1.807, 2.05) is 27.7 Å². The van der Waals surface area contributed by atoms with Crippen molar-refractivity contribution < 1.29 is 14.1 Å². The van der Waals surface area contributed by atoms with E-state index in [0.717, 1.165) is 0 Å². The SMILES string of the molecule is CC1(C)OB(CC(=O)c2cccc(Cl)c2)OC1(C)C. The highest BCUT2D eigenvalue weighted by atomic mass is 35.5. The molecular formula is C14H18BClO3. The van der Waals surface area contributed by atoms with E-state index in [9.17, 15) is 4.79 Å². The van der Waals surface area contributed by atoms with E-state index in [-0.39, 0.29) is 12.1 Å². The lowest BCUT2D eigenvalue weighted by molar-refractivity contribution is 0.00578. The molecule has 3 nitrogen and oxygen atoms in total. The molecule has 0 aromatic heterocycles. The maximum absolute atomic E-state index is 12.2. The van der Waals surface area contributed by atoms with Crippen molar-refractivity contribution in [2.75, 3.05) is 0 Å². The molecule has 0 unspecified atom stereocenters. The zero-order valence-electron chi connectivity index (χ0n) is 11.7. The van der Waals surface area contributed by atoms with Gasteiger partial charge in [-0.2, -0.15) is 0 Å². The summed E-state index contributed by atoms with van der Waals surface area (Å²) >= 11 is 5.88. The minimum absolute atomic E-state index is 0.0269. The van der Waals surface area contributed by atoms with Gasteiger partial charge in [0.05, 0.1) is 11.2 Å². The average molecular weight is 281 g/mol. The second-order valence-electron chi connectivity index (χ2n) is 5.82. The molecule has 0 N–H and O–H groups in total. The molecule has 19 heavy (non-hydrogen) atoms. The van der Waals surface area contributed by atoms with E-state index >= 15 is 0 Å². The first kappa shape index (κ1) is 14.6. The number of ketones is 1. The molecule has 1 aliphatic rings. The molecule has 1 heterocycles. The van der Waals surface area contributed by atoms with Gasteiger partial charge < -0.3 is 9.31 Å². The third-order valence-electron chi connectivity index (χ3n) is 3.80. The Morgan fingerprint density at radius 3 is 2.32 bits per heavy atom. The first-order valence-corrected chi connectivity index (χ1v) is 6.73. The fourth-order valence-electron chi connectivity index (χ4n) is 1.98. The Bertz CT molecular complexity index is 483. The molecule has 1 fully saturated rings. The first-order valence-electron chi connectivity index (χ1n) is 6.36. The lowest BCUT2D eigenvalue weighted by Crippen LogP contribution is -2.41. The molecule has 0 saturated carbocycles. The maximum Gasteiger partial charge on any atom is 0.465 e. The van der Waals surface area contributed by atoms with Crippen molar-refractivity contribution in [3.63, 3.8) is 0 Å². The fourth-order valence-corrected chi connectivity index (χ4v) is 2.17. The van der Waals surface area contributed by atoms with Crippen LogP contribution in [0.4, 0.5) is 0 Å². The van der Waals surface area contributed by atoms with Crippen molar-refractivity contribution in [1.29, 1.82) is 0 Å². The summed E-state index contributed by atoms with van der Waals surface area (Å²) in [7, 11) is -0.503. The Morgan fingerprint density at radius 2 is 1.79 bits per heavy atom. The van der Waals surface area contributed by atoms with Crippen molar-refractivity contribution in [3.8, 4) is 0 Å². The molecule has 0 atom stereocenters. The smallest absolute Gasteiger partial charge is 0.403 e. The Labute approximate surface area is 119 Å². The molecular weight excluding hydrogens is 262 g/mol. The van der Waals surface area contributed by atoms with Gasteiger partial charge in [0.25, 0.3) is 0 Å². The van der Waals surface area contributed by atoms with Crippen LogP contribution in [0.5, 0.6) is 0 Å². The molecule has 1 saturated heterocycles. The maximum atomic E-state index is 12.2. The average Bonchev–Trinajstić information content (AvgIpc) is 2.46. The standard InChI is InChI=1S/C14H18BClO3/c1-13(2)14(3,4)19-15(18-13)9-12(17)10-6-5-7-11(16)8-10/h5-8H,9H2,1-4H3. The predicted molar refractivity (Wildman–Crippen MR) is 76.7 cm³/mol. The van der Waals surface area contributed by atoms with Crippen LogP contribution in [-0.4, -0.2) is 24.1 Å². The molecule has 1 aliphatic heterocycles. The first-order chi connectivity index (χ1) is 8.71. The minimum Gasteiger partial charge on any atom is -0.403 e. The monoisotopic (exact) mass is 280 g/mol. The molecule has 2 rings (SSSR count). The van der Waals surface area contributed by atoms with Crippen LogP contribution in [-0.2, 0) is 9.31 Å². The Morgan fingerprint density at radius 1 is 1.21 bits per heavy atom. The summed E-state index contributed by atoms with van der Waals surface area (Å²) in [4.78, 5) is 12.2. The van der Waals surface area contributed by atoms with Gasteiger partial charge in [-0.05, 0) is 39.8 Å². The van der Waals surface area contributed by atoms with Gasteiger partial charge in [0.1, 0.15) is 0 Å². The summed E-state index contributed by atoms with van der Waals surface area (Å²) in [6, 6.07) is 6.92. The molecule has 0 radical (unpaired) electrons. The van der Waals surface area contributed by atoms with Crippen molar-refractivity contribution in [1.82, 2.24) is 0 Å². The third-order valence-corrected chi connectivity index (χ3v) is 4.04. The van der Waals surface area contributed by atoms with Crippen molar-refractivity contribution in [2.45, 2.75) is 45.2 Å². The number of Topliss-reactive ketones (excluding diaryl/α,β-unsaturated/α-hetero) is 1. The molecule has 0 aliphatic carbocycles. The van der Waals surface area contributed by atoms with E-state index in [2.05, 4.69) is 0 Å². The van der Waals surface area contributed by atoms with Gasteiger partial charge in [-0.1, -0.05) is 23.7 Å². The van der Waals surface area contributed by atoms with E-state index in [0.29, 0.717) is 10.6 Å². The number of carbonyl (C=O) groups is 1. The van der Waals surface area contributed by atoms with Crippen LogP contribution in [0.2, 0.25) is 11.3 Å². The quantitative estimate of drug-likeness (QED) is 0.627. The highest BCUT2D eigenvalue weighted by Gasteiger charge is 2.51. The van der Waals surface area contributed by atoms with Gasteiger partial charge in [0.15, 0.2) is 5.78 Å². The van der Waals surface area contributed by atoms with Gasteiger partial charge in [0, 0.05) is 16.9 Å². The molecule has 0 spiro atoms. The molecule has 5 heteroatoms. The molecule has 1 aromatic rings. The van der Waals surface area contributed by atoms with E-state index in [1.54, 1.807) is 24.3 Å². The zero-order chi connectivity index (χ0) is 14.3. The second kappa shape index (κ2) is 4.93. The second-order valence-corrected chi connectivity index (χ2v) is 6.26. The number of benzene rings is 1. The number of rotatable bonds is 3. The number of hydrogen-bond acceptors (Lipinski definition) is 3. The van der Waals surface area contributed by atoms with Crippen LogP contribution >= 0.6 is 11.6 Å². The zero-order valence-corrected chi connectivity index (χ0v) is 12.5. The summed E-state index contributed by atoms with van der Waals surface area (Å²) < 4.78 is 11.6. The summed E-state index contributed by atoms with van der Waals surface area (Å²) in [5, 5.41) is 0.555. The van der Waals surface area contributed by atoms with Crippen LogP contribution in [0.3, 0.4) is 0 Å². The lowest BCUT2D eigenvalue weighted by atomic mass is 9.80. The van der Waals surface area contributed by atoms with Crippen LogP contribution in [0.25, 0.3) is 0 Å². The summed E-state index contributed by atoms with van der Waals surface area (Å²) in [5.41, 5.74) is -0.235. The minimum atomic E-state index is -0.503. The van der Waals surface area contributed by atoms with E-state index in [1.165, 1.54) is 0 Å². The van der Waals surface area contributed by atoms with Crippen molar-refractivity contribution in [3.05, 3.63) is 34.9 Å². The van der Waals surface area contributed by atoms with Crippen LogP contribution in [0.15, 0.2) is 24.3 Å². The molecule has 1 aromatic carbocycles. The van der Waals surface area contributed by atoms with Gasteiger partial charge >= 0.3 is 7.12 Å². The topological polar surface area (TPSA) is 35.5 Å². The highest BCUT2D eigenvalue weighted by Crippen LogP contribution is 2.37. The van der Waals surface area contributed by atoms with Crippen LogP contribution < -0.4 is 0 Å². The van der Waals surface area contributed by atoms with Crippen LogP contribution in [0.1, 0.15) is 38.1 Å². The van der Waals surface area contributed by atoms with Crippen molar-refractivity contribution in [2.24, 2.45) is 0 Å². The molecule has 0 bridgehead atoms. The Hall–Kier alpha value is -0.835. The molecule has 102 valence electrons. The fraction of sp³-hybridized carbons (Fsp3) is 0.500. The number of halogens is 1. The molecule has 0 amide bonds. The lowest BCUT2D eigenvalue weighted by Gasteiger charge is -2.32. The number of hydrogen-bond donors (Lipinski definition) is 0. The summed E-state index contributed by atoms with van der Waals surface area (Å²) in [5.74, 6) is -0.0269. The van der Waals surface area contributed by atoms with Gasteiger partial charge in [-0.15, -0.1) is 0 Å². The van der Waals surface area contributed by atoms with E-state index in [4.69, 9.17) is 20.9 Å². The predicted octanol–water partition coefficient (Wildman–Crippen LogP) is 3.61. The summed E-state index contributed by atoms with van der Waals surface area (Å²) in [6.45, 7) is 7.88. The van der Waals surface area contributed by atoms with Crippen molar-refractivity contribution >= 4 is 24.5 Å².